The van der Waals surface area contributed by atoms with Gasteiger partial charge in [0.15, 0.2) is 5.76 Å². The summed E-state index contributed by atoms with van der Waals surface area (Å²) in [6, 6.07) is 5.87. The summed E-state index contributed by atoms with van der Waals surface area (Å²) in [7, 11) is 0. The minimum absolute atomic E-state index is 0.0239. The van der Waals surface area contributed by atoms with E-state index < -0.39 is 11.8 Å². The van der Waals surface area contributed by atoms with Crippen LogP contribution in [0, 0.1) is 5.82 Å². The monoisotopic (exact) mass is 277 g/mol. The molecule has 0 unspecified atom stereocenters. The van der Waals surface area contributed by atoms with Crippen molar-refractivity contribution in [3.8, 4) is 11.3 Å². The molecule has 2 aromatic rings. The van der Waals surface area contributed by atoms with E-state index in [-0.39, 0.29) is 18.1 Å². The van der Waals surface area contributed by atoms with Crippen molar-refractivity contribution < 1.29 is 18.4 Å². The van der Waals surface area contributed by atoms with Gasteiger partial charge in [-0.3, -0.25) is 0 Å². The lowest BCUT2D eigenvalue weighted by molar-refractivity contribution is 0.0524. The Morgan fingerprint density at radius 3 is 2.80 bits per heavy atom. The predicted molar refractivity (Wildman–Crippen MR) is 71.9 cm³/mol. The standard InChI is InChI=1S/C15H16FNO3/c1-4-19-15(18)12-13(17-20-14(12)9(2)3)10-6-5-7-11(16)8-10/h5-9H,4H2,1-3H3. The first kappa shape index (κ1) is 14.2. The zero-order valence-electron chi connectivity index (χ0n) is 11.6. The van der Waals surface area contributed by atoms with Crippen LogP contribution < -0.4 is 0 Å². The Bertz CT molecular complexity index is 619. The molecule has 0 radical (unpaired) electrons. The zero-order valence-corrected chi connectivity index (χ0v) is 11.6. The molecule has 0 saturated carbocycles. The topological polar surface area (TPSA) is 52.3 Å². The molecule has 20 heavy (non-hydrogen) atoms. The van der Waals surface area contributed by atoms with Crippen LogP contribution in [0.25, 0.3) is 11.3 Å². The molecular weight excluding hydrogens is 261 g/mol. The van der Waals surface area contributed by atoms with E-state index in [1.165, 1.54) is 12.1 Å². The molecule has 4 nitrogen and oxygen atoms in total. The molecule has 0 saturated heterocycles. The largest absolute Gasteiger partial charge is 0.462 e. The van der Waals surface area contributed by atoms with Crippen molar-refractivity contribution in [2.45, 2.75) is 26.7 Å². The highest BCUT2D eigenvalue weighted by Gasteiger charge is 2.26. The summed E-state index contributed by atoms with van der Waals surface area (Å²) in [4.78, 5) is 12.1. The third kappa shape index (κ3) is 2.71. The SMILES string of the molecule is CCOC(=O)c1c(-c2cccc(F)c2)noc1C(C)C. The zero-order chi connectivity index (χ0) is 14.7. The van der Waals surface area contributed by atoms with E-state index in [0.717, 1.165) is 0 Å². The number of halogens is 1. The first-order chi connectivity index (χ1) is 9.54. The molecule has 106 valence electrons. The van der Waals surface area contributed by atoms with Crippen molar-refractivity contribution in [2.24, 2.45) is 0 Å². The fourth-order valence-electron chi connectivity index (χ4n) is 1.93. The average Bonchev–Trinajstić information content (AvgIpc) is 2.83. The number of carbonyl (C=O) groups is 1. The van der Waals surface area contributed by atoms with Crippen LogP contribution in [-0.4, -0.2) is 17.7 Å². The summed E-state index contributed by atoms with van der Waals surface area (Å²) in [5, 5.41) is 3.91. The van der Waals surface area contributed by atoms with Gasteiger partial charge in [0.2, 0.25) is 0 Å². The smallest absolute Gasteiger partial charge is 0.344 e. The summed E-state index contributed by atoms with van der Waals surface area (Å²) in [5.41, 5.74) is 1.07. The van der Waals surface area contributed by atoms with Gasteiger partial charge in [-0.15, -0.1) is 0 Å². The van der Waals surface area contributed by atoms with Gasteiger partial charge in [0.05, 0.1) is 6.61 Å². The van der Waals surface area contributed by atoms with E-state index in [9.17, 15) is 9.18 Å². The van der Waals surface area contributed by atoms with Crippen molar-refractivity contribution in [2.75, 3.05) is 6.61 Å². The van der Waals surface area contributed by atoms with Gasteiger partial charge in [-0.1, -0.05) is 31.1 Å². The van der Waals surface area contributed by atoms with Crippen LogP contribution >= 0.6 is 0 Å². The molecule has 0 N–H and O–H groups in total. The molecule has 0 atom stereocenters. The summed E-state index contributed by atoms with van der Waals surface area (Å²) < 4.78 is 23.6. The van der Waals surface area contributed by atoms with Gasteiger partial charge in [-0.05, 0) is 19.1 Å². The average molecular weight is 277 g/mol. The van der Waals surface area contributed by atoms with Crippen LogP contribution in [-0.2, 0) is 4.74 Å². The van der Waals surface area contributed by atoms with Gasteiger partial charge >= 0.3 is 5.97 Å². The highest BCUT2D eigenvalue weighted by atomic mass is 19.1. The minimum atomic E-state index is -0.503. The molecule has 0 spiro atoms. The molecule has 0 aliphatic rings. The Kier molecular flexibility index (Phi) is 4.17. The number of hydrogen-bond acceptors (Lipinski definition) is 4. The highest BCUT2D eigenvalue weighted by Crippen LogP contribution is 2.30. The number of rotatable bonds is 4. The number of hydrogen-bond donors (Lipinski definition) is 0. The number of aromatic nitrogens is 1. The highest BCUT2D eigenvalue weighted by molar-refractivity contribution is 5.97. The van der Waals surface area contributed by atoms with E-state index in [1.54, 1.807) is 19.1 Å². The van der Waals surface area contributed by atoms with Crippen LogP contribution in [0.1, 0.15) is 42.8 Å². The van der Waals surface area contributed by atoms with Crippen LogP contribution in [0.3, 0.4) is 0 Å². The Labute approximate surface area is 116 Å². The molecule has 1 heterocycles. The molecule has 2 rings (SSSR count). The first-order valence-electron chi connectivity index (χ1n) is 6.47. The number of benzene rings is 1. The fourth-order valence-corrected chi connectivity index (χ4v) is 1.93. The maximum atomic E-state index is 13.3. The molecule has 1 aromatic heterocycles. The Morgan fingerprint density at radius 2 is 2.20 bits per heavy atom. The van der Waals surface area contributed by atoms with E-state index >= 15 is 0 Å². The summed E-state index contributed by atoms with van der Waals surface area (Å²) in [6.45, 7) is 5.75. The molecule has 1 aromatic carbocycles. The van der Waals surface area contributed by atoms with E-state index in [4.69, 9.17) is 9.26 Å². The molecule has 0 aliphatic heterocycles. The Morgan fingerprint density at radius 1 is 1.45 bits per heavy atom. The van der Waals surface area contributed by atoms with Crippen molar-refractivity contribution >= 4 is 5.97 Å². The van der Waals surface area contributed by atoms with Gasteiger partial charge in [0, 0.05) is 11.5 Å². The second-order valence-electron chi connectivity index (χ2n) is 4.66. The van der Waals surface area contributed by atoms with E-state index in [1.807, 2.05) is 13.8 Å². The maximum Gasteiger partial charge on any atom is 0.344 e. The van der Waals surface area contributed by atoms with Gasteiger partial charge in [0.25, 0.3) is 0 Å². The van der Waals surface area contributed by atoms with E-state index in [2.05, 4.69) is 5.16 Å². The predicted octanol–water partition coefficient (Wildman–Crippen LogP) is 3.78. The number of esters is 1. The van der Waals surface area contributed by atoms with Gasteiger partial charge in [-0.25, -0.2) is 9.18 Å². The fraction of sp³-hybridized carbons (Fsp3) is 0.333. The number of carbonyl (C=O) groups excluding carboxylic acids is 1. The lowest BCUT2D eigenvalue weighted by atomic mass is 10.0. The second kappa shape index (κ2) is 5.86. The summed E-state index contributed by atoms with van der Waals surface area (Å²) in [6.07, 6.45) is 0. The number of nitrogens with zero attached hydrogens (tertiary/aromatic N) is 1. The minimum Gasteiger partial charge on any atom is -0.462 e. The van der Waals surface area contributed by atoms with Gasteiger partial charge in [-0.2, -0.15) is 0 Å². The van der Waals surface area contributed by atoms with Crippen LogP contribution in [0.5, 0.6) is 0 Å². The van der Waals surface area contributed by atoms with E-state index in [0.29, 0.717) is 17.0 Å². The van der Waals surface area contributed by atoms with Crippen LogP contribution in [0.15, 0.2) is 28.8 Å². The van der Waals surface area contributed by atoms with Crippen molar-refractivity contribution in [3.05, 3.63) is 41.4 Å². The van der Waals surface area contributed by atoms with Crippen LogP contribution in [0.4, 0.5) is 4.39 Å². The Balaban J connectivity index is 2.56. The number of ether oxygens (including phenoxy) is 1. The normalized spacial score (nSPS) is 10.8. The van der Waals surface area contributed by atoms with Gasteiger partial charge in [0.1, 0.15) is 17.1 Å². The lowest BCUT2D eigenvalue weighted by Gasteiger charge is -2.06. The van der Waals surface area contributed by atoms with Crippen molar-refractivity contribution in [1.82, 2.24) is 5.16 Å². The molecule has 0 fully saturated rings. The third-order valence-electron chi connectivity index (χ3n) is 2.82. The molecule has 0 bridgehead atoms. The molecule has 5 heteroatoms. The first-order valence-corrected chi connectivity index (χ1v) is 6.47. The summed E-state index contributed by atoms with van der Waals surface area (Å²) >= 11 is 0. The second-order valence-corrected chi connectivity index (χ2v) is 4.66. The lowest BCUT2D eigenvalue weighted by Crippen LogP contribution is -2.08. The third-order valence-corrected chi connectivity index (χ3v) is 2.82. The summed E-state index contributed by atoms with van der Waals surface area (Å²) in [5.74, 6) is -0.477. The quantitative estimate of drug-likeness (QED) is 0.798. The van der Waals surface area contributed by atoms with Crippen molar-refractivity contribution in [3.63, 3.8) is 0 Å². The molecule has 0 amide bonds. The van der Waals surface area contributed by atoms with Gasteiger partial charge < -0.3 is 9.26 Å². The van der Waals surface area contributed by atoms with Crippen molar-refractivity contribution in [1.29, 1.82) is 0 Å². The van der Waals surface area contributed by atoms with Crippen LogP contribution in [0.2, 0.25) is 0 Å². The maximum absolute atomic E-state index is 13.3. The molecule has 0 aliphatic carbocycles. The molecular formula is C15H16FNO3. The Hall–Kier alpha value is -2.17.